The molecule has 1 fully saturated rings. The van der Waals surface area contributed by atoms with Crippen LogP contribution in [0.1, 0.15) is 40.2 Å². The highest BCUT2D eigenvalue weighted by atomic mass is 35.5. The number of sulfonamides is 1. The van der Waals surface area contributed by atoms with Gasteiger partial charge in [-0.05, 0) is 54.3 Å². The summed E-state index contributed by atoms with van der Waals surface area (Å²) in [6.45, 7) is 0.293. The average molecular weight is 494 g/mol. The van der Waals surface area contributed by atoms with E-state index >= 15 is 0 Å². The molecule has 3 aromatic carbocycles. The second-order valence-corrected chi connectivity index (χ2v) is 10.6. The predicted octanol–water partition coefficient (Wildman–Crippen LogP) is 4.82. The van der Waals surface area contributed by atoms with E-state index in [0.29, 0.717) is 11.6 Å². The number of para-hydroxylation sites is 1. The maximum absolute atomic E-state index is 13.0. The average Bonchev–Trinajstić information content (AvgIpc) is 3.55. The summed E-state index contributed by atoms with van der Waals surface area (Å²) in [5.74, 6) is -0.544. The number of amides is 1. The molecule has 1 aliphatic rings. The van der Waals surface area contributed by atoms with Gasteiger partial charge in [-0.25, -0.2) is 13.1 Å². The van der Waals surface area contributed by atoms with Crippen molar-refractivity contribution in [3.05, 3.63) is 101 Å². The molecule has 0 saturated heterocycles. The fourth-order valence-corrected chi connectivity index (χ4v) is 5.74. The molecule has 0 radical (unpaired) electrons. The van der Waals surface area contributed by atoms with Crippen LogP contribution >= 0.6 is 11.6 Å². The van der Waals surface area contributed by atoms with Gasteiger partial charge in [-0.3, -0.25) is 4.79 Å². The molecule has 0 bridgehead atoms. The summed E-state index contributed by atoms with van der Waals surface area (Å²) in [6.07, 6.45) is 3.63. The van der Waals surface area contributed by atoms with Crippen LogP contribution in [0.4, 0.5) is 0 Å². The van der Waals surface area contributed by atoms with Gasteiger partial charge in [0.15, 0.2) is 0 Å². The van der Waals surface area contributed by atoms with Crippen LogP contribution in [0, 0.1) is 0 Å². The van der Waals surface area contributed by atoms with Crippen LogP contribution < -0.4 is 10.0 Å². The van der Waals surface area contributed by atoms with Gasteiger partial charge in [0, 0.05) is 46.2 Å². The van der Waals surface area contributed by atoms with Crippen LogP contribution in [-0.4, -0.2) is 31.9 Å². The third-order valence-corrected chi connectivity index (χ3v) is 7.91. The fourth-order valence-electron chi connectivity index (χ4n) is 4.12. The molecule has 1 atom stereocenters. The number of aromatic amines is 1. The Hall–Kier alpha value is -3.13. The predicted molar refractivity (Wildman–Crippen MR) is 134 cm³/mol. The lowest BCUT2D eigenvalue weighted by Gasteiger charge is -2.19. The van der Waals surface area contributed by atoms with Gasteiger partial charge in [-0.1, -0.05) is 54.1 Å². The maximum Gasteiger partial charge on any atom is 0.251 e. The summed E-state index contributed by atoms with van der Waals surface area (Å²) in [6, 6.07) is 21.7. The summed E-state index contributed by atoms with van der Waals surface area (Å²) in [7, 11) is -3.64. The lowest BCUT2D eigenvalue weighted by atomic mass is 9.90. The highest BCUT2D eigenvalue weighted by Crippen LogP contribution is 2.34. The van der Waals surface area contributed by atoms with Crippen molar-refractivity contribution in [3.63, 3.8) is 0 Å². The Morgan fingerprint density at radius 3 is 2.56 bits per heavy atom. The molecule has 4 aromatic rings. The van der Waals surface area contributed by atoms with E-state index in [1.54, 1.807) is 12.1 Å². The molecule has 1 aromatic heterocycles. The molecule has 174 valence electrons. The van der Waals surface area contributed by atoms with Crippen molar-refractivity contribution in [3.8, 4) is 0 Å². The quantitative estimate of drug-likeness (QED) is 0.328. The first-order chi connectivity index (χ1) is 16.4. The molecule has 1 amide bonds. The monoisotopic (exact) mass is 493 g/mol. The van der Waals surface area contributed by atoms with Gasteiger partial charge in [-0.2, -0.15) is 0 Å². The smallest absolute Gasteiger partial charge is 0.251 e. The number of hydrogen-bond acceptors (Lipinski definition) is 3. The third kappa shape index (κ3) is 4.73. The summed E-state index contributed by atoms with van der Waals surface area (Å²) in [5.41, 5.74) is 3.21. The number of nitrogens with one attached hydrogen (secondary N) is 3. The summed E-state index contributed by atoms with van der Waals surface area (Å²) < 4.78 is 27.8. The van der Waals surface area contributed by atoms with Gasteiger partial charge in [0.05, 0.1) is 4.90 Å². The van der Waals surface area contributed by atoms with Crippen LogP contribution in [0.25, 0.3) is 10.9 Å². The van der Waals surface area contributed by atoms with E-state index in [1.165, 1.54) is 12.1 Å². The Bertz CT molecular complexity index is 1460. The molecule has 0 spiro atoms. The summed E-state index contributed by atoms with van der Waals surface area (Å²) in [5, 5.41) is 4.66. The summed E-state index contributed by atoms with van der Waals surface area (Å²) in [4.78, 5) is 16.4. The minimum absolute atomic E-state index is 0.00460. The van der Waals surface area contributed by atoms with Crippen molar-refractivity contribution >= 4 is 38.4 Å². The third-order valence-electron chi connectivity index (χ3n) is 6.05. The van der Waals surface area contributed by atoms with E-state index in [0.717, 1.165) is 34.9 Å². The van der Waals surface area contributed by atoms with Gasteiger partial charge in [0.2, 0.25) is 10.0 Å². The number of fused-ring (bicyclic) bond motifs is 1. The van der Waals surface area contributed by atoms with Crippen LogP contribution in [0.5, 0.6) is 0 Å². The first-order valence-corrected chi connectivity index (χ1v) is 13.0. The van der Waals surface area contributed by atoms with Crippen molar-refractivity contribution in [1.82, 2.24) is 15.0 Å². The molecule has 1 unspecified atom stereocenters. The van der Waals surface area contributed by atoms with Crippen LogP contribution in [0.15, 0.2) is 83.9 Å². The SMILES string of the molecule is O=C(NCC(c1ccccc1Cl)c1c[nH]c2ccccc12)c1cccc(S(=O)(=O)NC2CC2)c1. The number of hydrogen-bond donors (Lipinski definition) is 3. The maximum atomic E-state index is 13.0. The second-order valence-electron chi connectivity index (χ2n) is 8.50. The van der Waals surface area contributed by atoms with Gasteiger partial charge in [0.1, 0.15) is 0 Å². The lowest BCUT2D eigenvalue weighted by Crippen LogP contribution is -2.30. The minimum Gasteiger partial charge on any atom is -0.361 e. The number of halogens is 1. The molecule has 1 heterocycles. The van der Waals surface area contributed by atoms with Gasteiger partial charge in [-0.15, -0.1) is 0 Å². The van der Waals surface area contributed by atoms with Crippen molar-refractivity contribution in [2.75, 3.05) is 6.54 Å². The van der Waals surface area contributed by atoms with Crippen LogP contribution in [-0.2, 0) is 10.0 Å². The largest absolute Gasteiger partial charge is 0.361 e. The van der Waals surface area contributed by atoms with Gasteiger partial charge in [0.25, 0.3) is 5.91 Å². The molecule has 5 rings (SSSR count). The van der Waals surface area contributed by atoms with Crippen molar-refractivity contribution < 1.29 is 13.2 Å². The Kier molecular flexibility index (Phi) is 6.16. The molecular formula is C26H24ClN3O3S. The van der Waals surface area contributed by atoms with E-state index in [9.17, 15) is 13.2 Å². The second kappa shape index (κ2) is 9.25. The molecule has 6 nitrogen and oxygen atoms in total. The van der Waals surface area contributed by atoms with Crippen molar-refractivity contribution in [1.29, 1.82) is 0 Å². The molecule has 8 heteroatoms. The number of benzene rings is 3. The number of carbonyl (C=O) groups excluding carboxylic acids is 1. The Morgan fingerprint density at radius 2 is 1.76 bits per heavy atom. The molecule has 3 N–H and O–H groups in total. The topological polar surface area (TPSA) is 91.1 Å². The van der Waals surface area contributed by atoms with E-state index in [4.69, 9.17) is 11.6 Å². The van der Waals surface area contributed by atoms with Gasteiger partial charge < -0.3 is 10.3 Å². The zero-order valence-corrected chi connectivity index (χ0v) is 19.9. The standard InChI is InChI=1S/C26H24ClN3O3S/c27-24-10-3-1-8-20(24)22(23-15-28-25-11-4-2-9-21(23)25)16-29-26(31)17-6-5-7-19(14-17)34(32,33)30-18-12-13-18/h1-11,14-15,18,22,28,30H,12-13,16H2,(H,29,31). The lowest BCUT2D eigenvalue weighted by molar-refractivity contribution is 0.0952. The molecule has 34 heavy (non-hydrogen) atoms. The van der Waals surface area contributed by atoms with E-state index in [2.05, 4.69) is 15.0 Å². The van der Waals surface area contributed by atoms with Crippen molar-refractivity contribution in [2.24, 2.45) is 0 Å². The Morgan fingerprint density at radius 1 is 1.00 bits per heavy atom. The first-order valence-electron chi connectivity index (χ1n) is 11.1. The first kappa shape index (κ1) is 22.7. The number of H-pyrrole nitrogens is 1. The minimum atomic E-state index is -3.64. The van der Waals surface area contributed by atoms with Gasteiger partial charge >= 0.3 is 0 Å². The zero-order chi connectivity index (χ0) is 23.7. The van der Waals surface area contributed by atoms with Crippen LogP contribution in [0.3, 0.4) is 0 Å². The van der Waals surface area contributed by atoms with E-state index in [1.807, 2.05) is 54.7 Å². The molecular weight excluding hydrogens is 470 g/mol. The molecule has 1 aliphatic carbocycles. The molecule has 0 aliphatic heterocycles. The Balaban J connectivity index is 1.41. The highest BCUT2D eigenvalue weighted by molar-refractivity contribution is 7.89. The number of aromatic nitrogens is 1. The molecule has 1 saturated carbocycles. The fraction of sp³-hybridized carbons (Fsp3) is 0.192. The van der Waals surface area contributed by atoms with E-state index in [-0.39, 0.29) is 28.3 Å². The Labute approximate surface area is 203 Å². The zero-order valence-electron chi connectivity index (χ0n) is 18.3. The normalized spacial score (nSPS) is 14.7. The van der Waals surface area contributed by atoms with Crippen molar-refractivity contribution in [2.45, 2.75) is 29.7 Å². The van der Waals surface area contributed by atoms with Crippen LogP contribution in [0.2, 0.25) is 5.02 Å². The highest BCUT2D eigenvalue weighted by Gasteiger charge is 2.28. The van der Waals surface area contributed by atoms with E-state index < -0.39 is 10.0 Å². The summed E-state index contributed by atoms with van der Waals surface area (Å²) >= 11 is 6.54. The number of rotatable bonds is 8. The number of carbonyl (C=O) groups is 1.